The van der Waals surface area contributed by atoms with Gasteiger partial charge in [-0.15, -0.1) is 0 Å². The molecule has 0 aliphatic carbocycles. The van der Waals surface area contributed by atoms with E-state index in [4.69, 9.17) is 32.7 Å². The maximum absolute atomic E-state index is 12.2. The minimum Gasteiger partial charge on any atom is -0.472 e. The van der Waals surface area contributed by atoms with Gasteiger partial charge < -0.3 is 14.8 Å². The summed E-state index contributed by atoms with van der Waals surface area (Å²) in [6, 6.07) is 8.17. The Morgan fingerprint density at radius 3 is 2.87 bits per heavy atom. The molecule has 1 amide bonds. The summed E-state index contributed by atoms with van der Waals surface area (Å²) < 4.78 is 10.9. The summed E-state index contributed by atoms with van der Waals surface area (Å²) in [5, 5.41) is 3.61. The van der Waals surface area contributed by atoms with E-state index < -0.39 is 0 Å². The molecule has 0 bridgehead atoms. The molecule has 1 fully saturated rings. The molecule has 1 unspecified atom stereocenters. The molecule has 0 saturated carbocycles. The van der Waals surface area contributed by atoms with Crippen molar-refractivity contribution in [1.82, 2.24) is 4.98 Å². The smallest absolute Gasteiger partial charge is 0.257 e. The fourth-order valence-corrected chi connectivity index (χ4v) is 2.49. The standard InChI is InChI=1S/C16H14Cl2N2O3/c17-11-2-3-13(18)14(7-11)20-16(21)10-1-4-15(19-8-10)23-12-5-6-22-9-12/h1-4,7-8,12H,5-6,9H2,(H,20,21). The van der Waals surface area contributed by atoms with E-state index in [1.54, 1.807) is 30.3 Å². The number of benzene rings is 1. The lowest BCUT2D eigenvalue weighted by atomic mass is 10.2. The van der Waals surface area contributed by atoms with Crippen LogP contribution < -0.4 is 10.1 Å². The predicted octanol–water partition coefficient (Wildman–Crippen LogP) is 3.81. The monoisotopic (exact) mass is 352 g/mol. The third kappa shape index (κ3) is 4.13. The summed E-state index contributed by atoms with van der Waals surface area (Å²) in [6.07, 6.45) is 2.32. The van der Waals surface area contributed by atoms with Crippen LogP contribution >= 0.6 is 23.2 Å². The number of nitrogens with one attached hydrogen (secondary N) is 1. The van der Waals surface area contributed by atoms with Crippen molar-refractivity contribution in [3.05, 3.63) is 52.1 Å². The van der Waals surface area contributed by atoms with Gasteiger partial charge in [0.1, 0.15) is 6.10 Å². The Morgan fingerprint density at radius 1 is 1.30 bits per heavy atom. The molecule has 1 aromatic carbocycles. The number of nitrogens with zero attached hydrogens (tertiary/aromatic N) is 1. The summed E-state index contributed by atoms with van der Waals surface area (Å²) in [5.41, 5.74) is 0.851. The van der Waals surface area contributed by atoms with Crippen molar-refractivity contribution in [3.63, 3.8) is 0 Å². The highest BCUT2D eigenvalue weighted by Crippen LogP contribution is 2.26. The first-order chi connectivity index (χ1) is 11.1. The molecule has 2 heterocycles. The summed E-state index contributed by atoms with van der Waals surface area (Å²) in [5.74, 6) is 0.148. The summed E-state index contributed by atoms with van der Waals surface area (Å²) in [6.45, 7) is 1.27. The van der Waals surface area contributed by atoms with E-state index in [0.717, 1.165) is 6.42 Å². The molecule has 1 aromatic heterocycles. The highest BCUT2D eigenvalue weighted by molar-refractivity contribution is 6.35. The topological polar surface area (TPSA) is 60.5 Å². The average Bonchev–Trinajstić information content (AvgIpc) is 3.04. The molecule has 120 valence electrons. The van der Waals surface area contributed by atoms with Crippen molar-refractivity contribution < 1.29 is 14.3 Å². The number of carbonyl (C=O) groups excluding carboxylic acids is 1. The number of aromatic nitrogens is 1. The number of pyridine rings is 1. The van der Waals surface area contributed by atoms with Crippen molar-refractivity contribution in [2.24, 2.45) is 0 Å². The van der Waals surface area contributed by atoms with Crippen molar-refractivity contribution >= 4 is 34.8 Å². The number of carbonyl (C=O) groups is 1. The molecular weight excluding hydrogens is 339 g/mol. The maximum atomic E-state index is 12.2. The molecule has 1 aliphatic rings. The molecule has 1 saturated heterocycles. The van der Waals surface area contributed by atoms with E-state index >= 15 is 0 Å². The van der Waals surface area contributed by atoms with E-state index in [0.29, 0.717) is 40.4 Å². The van der Waals surface area contributed by atoms with Crippen LogP contribution in [-0.4, -0.2) is 30.2 Å². The van der Waals surface area contributed by atoms with Gasteiger partial charge >= 0.3 is 0 Å². The summed E-state index contributed by atoms with van der Waals surface area (Å²) in [7, 11) is 0. The van der Waals surface area contributed by atoms with Gasteiger partial charge in [-0.3, -0.25) is 4.79 Å². The van der Waals surface area contributed by atoms with Crippen molar-refractivity contribution in [2.75, 3.05) is 18.5 Å². The number of anilines is 1. The van der Waals surface area contributed by atoms with E-state index in [9.17, 15) is 4.79 Å². The molecule has 5 nitrogen and oxygen atoms in total. The largest absolute Gasteiger partial charge is 0.472 e. The predicted molar refractivity (Wildman–Crippen MR) is 88.5 cm³/mol. The van der Waals surface area contributed by atoms with Crippen LogP contribution in [0.15, 0.2) is 36.5 Å². The van der Waals surface area contributed by atoms with Crippen LogP contribution in [0, 0.1) is 0 Å². The zero-order valence-corrected chi connectivity index (χ0v) is 13.6. The van der Waals surface area contributed by atoms with Crippen molar-refractivity contribution in [3.8, 4) is 5.88 Å². The molecular formula is C16H14Cl2N2O3. The fourth-order valence-electron chi connectivity index (χ4n) is 2.15. The number of hydrogen-bond acceptors (Lipinski definition) is 4. The molecule has 23 heavy (non-hydrogen) atoms. The maximum Gasteiger partial charge on any atom is 0.257 e. The van der Waals surface area contributed by atoms with Gasteiger partial charge in [0, 0.05) is 23.7 Å². The lowest BCUT2D eigenvalue weighted by Crippen LogP contribution is -2.17. The highest BCUT2D eigenvalue weighted by atomic mass is 35.5. The Balaban J connectivity index is 1.66. The number of halogens is 2. The first-order valence-corrected chi connectivity index (χ1v) is 7.84. The van der Waals surface area contributed by atoms with Gasteiger partial charge in [0.15, 0.2) is 0 Å². The highest BCUT2D eigenvalue weighted by Gasteiger charge is 2.18. The fraction of sp³-hybridized carbons (Fsp3) is 0.250. The normalized spacial score (nSPS) is 17.0. The first-order valence-electron chi connectivity index (χ1n) is 7.08. The molecule has 3 rings (SSSR count). The minimum absolute atomic E-state index is 0.0208. The quantitative estimate of drug-likeness (QED) is 0.908. The molecule has 7 heteroatoms. The summed E-state index contributed by atoms with van der Waals surface area (Å²) >= 11 is 11.9. The van der Waals surface area contributed by atoms with E-state index in [1.165, 1.54) is 6.20 Å². The Bertz CT molecular complexity index is 701. The third-order valence-electron chi connectivity index (χ3n) is 3.35. The van der Waals surface area contributed by atoms with E-state index in [-0.39, 0.29) is 12.0 Å². The van der Waals surface area contributed by atoms with Crippen LogP contribution in [0.25, 0.3) is 0 Å². The number of ether oxygens (including phenoxy) is 2. The van der Waals surface area contributed by atoms with Gasteiger partial charge in [-0.1, -0.05) is 23.2 Å². The van der Waals surface area contributed by atoms with Gasteiger partial charge in [0.2, 0.25) is 5.88 Å². The molecule has 0 radical (unpaired) electrons. The van der Waals surface area contributed by atoms with Crippen LogP contribution in [0.2, 0.25) is 10.0 Å². The Morgan fingerprint density at radius 2 is 2.17 bits per heavy atom. The number of amides is 1. The zero-order chi connectivity index (χ0) is 16.2. The van der Waals surface area contributed by atoms with Gasteiger partial charge in [-0.05, 0) is 24.3 Å². The molecule has 2 aromatic rings. The van der Waals surface area contributed by atoms with Crippen LogP contribution in [0.4, 0.5) is 5.69 Å². The molecule has 1 N–H and O–H groups in total. The molecule has 0 spiro atoms. The number of rotatable bonds is 4. The van der Waals surface area contributed by atoms with Gasteiger partial charge in [0.25, 0.3) is 5.91 Å². The second-order valence-electron chi connectivity index (χ2n) is 5.07. The number of hydrogen-bond donors (Lipinski definition) is 1. The van der Waals surface area contributed by atoms with E-state index in [1.807, 2.05) is 0 Å². The van der Waals surface area contributed by atoms with Crippen LogP contribution in [0.1, 0.15) is 16.8 Å². The van der Waals surface area contributed by atoms with Crippen molar-refractivity contribution in [1.29, 1.82) is 0 Å². The second-order valence-corrected chi connectivity index (χ2v) is 5.91. The SMILES string of the molecule is O=C(Nc1cc(Cl)ccc1Cl)c1ccc(OC2CCOC2)nc1. The molecule has 1 aliphatic heterocycles. The van der Waals surface area contributed by atoms with Gasteiger partial charge in [0.05, 0.1) is 29.5 Å². The van der Waals surface area contributed by atoms with Gasteiger partial charge in [-0.2, -0.15) is 0 Å². The average molecular weight is 353 g/mol. The second kappa shape index (κ2) is 7.17. The molecule has 1 atom stereocenters. The minimum atomic E-state index is -0.322. The first kappa shape index (κ1) is 16.1. The lowest BCUT2D eigenvalue weighted by molar-refractivity contribution is 0.102. The Labute approximate surface area is 143 Å². The van der Waals surface area contributed by atoms with Crippen LogP contribution in [0.3, 0.4) is 0 Å². The van der Waals surface area contributed by atoms with Crippen molar-refractivity contribution in [2.45, 2.75) is 12.5 Å². The zero-order valence-electron chi connectivity index (χ0n) is 12.1. The van der Waals surface area contributed by atoms with Gasteiger partial charge in [-0.25, -0.2) is 4.98 Å². The van der Waals surface area contributed by atoms with E-state index in [2.05, 4.69) is 10.3 Å². The third-order valence-corrected chi connectivity index (χ3v) is 3.92. The van der Waals surface area contributed by atoms with Crippen LogP contribution in [-0.2, 0) is 4.74 Å². The Kier molecular flexibility index (Phi) is 5.00. The summed E-state index contributed by atoms with van der Waals surface area (Å²) in [4.78, 5) is 16.4. The Hall–Kier alpha value is -1.82. The lowest BCUT2D eigenvalue weighted by Gasteiger charge is -2.11. The van der Waals surface area contributed by atoms with Crippen LogP contribution in [0.5, 0.6) is 5.88 Å².